The van der Waals surface area contributed by atoms with Crippen LogP contribution in [0.2, 0.25) is 0 Å². The Kier molecular flexibility index (Phi) is 3.55. The smallest absolute Gasteiger partial charge is 0.417 e. The van der Waals surface area contributed by atoms with Gasteiger partial charge < -0.3 is 10.1 Å². The first kappa shape index (κ1) is 16.6. The average Bonchev–Trinajstić information content (AvgIpc) is 2.92. The Morgan fingerprint density at radius 1 is 1.15 bits per heavy atom. The molecule has 0 spiro atoms. The first-order chi connectivity index (χ1) is 12.2. The molecule has 3 heterocycles. The number of halogens is 3. The zero-order chi connectivity index (χ0) is 18.6. The standard InChI is InChI=1S/C18H11F3N2O2S/c1-8-2-4-9(5-3-8)11-6-10(18(19,20)21)14-15-16(26-17(14)22-11)12(24)7-13(25)23-15/h2-7H,1H3,(H2,23,24,25). The van der Waals surface area contributed by atoms with Gasteiger partial charge in [0.25, 0.3) is 5.56 Å². The Balaban J connectivity index is 2.13. The monoisotopic (exact) mass is 376 g/mol. The number of aryl methyl sites for hydroxylation is 1. The third kappa shape index (κ3) is 2.62. The van der Waals surface area contributed by atoms with E-state index in [1.54, 1.807) is 24.3 Å². The Bertz CT molecular complexity index is 1210. The first-order valence-corrected chi connectivity index (χ1v) is 8.39. The van der Waals surface area contributed by atoms with Crippen molar-refractivity contribution in [2.24, 2.45) is 0 Å². The number of aromatic hydroxyl groups is 1. The normalized spacial score (nSPS) is 12.2. The second-order valence-corrected chi connectivity index (χ2v) is 6.92. The van der Waals surface area contributed by atoms with Crippen LogP contribution in [0.4, 0.5) is 13.2 Å². The summed E-state index contributed by atoms with van der Waals surface area (Å²) in [4.78, 5) is 18.4. The van der Waals surface area contributed by atoms with Crippen molar-refractivity contribution in [2.45, 2.75) is 13.1 Å². The molecule has 26 heavy (non-hydrogen) atoms. The van der Waals surface area contributed by atoms with E-state index in [1.807, 2.05) is 6.92 Å². The van der Waals surface area contributed by atoms with Gasteiger partial charge in [0.1, 0.15) is 10.6 Å². The number of nitrogens with zero attached hydrogens (tertiary/aromatic N) is 1. The molecule has 4 nitrogen and oxygen atoms in total. The van der Waals surface area contributed by atoms with E-state index in [9.17, 15) is 23.1 Å². The lowest BCUT2D eigenvalue weighted by molar-refractivity contribution is -0.136. The summed E-state index contributed by atoms with van der Waals surface area (Å²) in [5.74, 6) is -0.364. The fourth-order valence-corrected chi connectivity index (χ4v) is 3.91. The molecule has 0 aliphatic carbocycles. The van der Waals surface area contributed by atoms with E-state index < -0.39 is 17.3 Å². The number of aromatic nitrogens is 2. The number of nitrogens with one attached hydrogen (secondary N) is 1. The predicted octanol–water partition coefficient (Wildman–Crippen LogP) is 4.84. The molecular weight excluding hydrogens is 365 g/mol. The van der Waals surface area contributed by atoms with Crippen molar-refractivity contribution in [3.05, 3.63) is 57.9 Å². The molecule has 0 unspecified atom stereocenters. The van der Waals surface area contributed by atoms with Crippen molar-refractivity contribution in [1.82, 2.24) is 9.97 Å². The molecule has 3 aromatic heterocycles. The predicted molar refractivity (Wildman–Crippen MR) is 94.6 cm³/mol. The summed E-state index contributed by atoms with van der Waals surface area (Å²) in [6.45, 7) is 1.88. The maximum atomic E-state index is 13.7. The van der Waals surface area contributed by atoms with E-state index in [4.69, 9.17) is 0 Å². The van der Waals surface area contributed by atoms with Gasteiger partial charge in [0.15, 0.2) is 0 Å². The summed E-state index contributed by atoms with van der Waals surface area (Å²) in [6, 6.07) is 8.91. The molecule has 0 radical (unpaired) electrons. The largest absolute Gasteiger partial charge is 0.506 e. The molecule has 4 aromatic rings. The minimum atomic E-state index is -4.64. The number of rotatable bonds is 1. The molecule has 0 aliphatic rings. The highest BCUT2D eigenvalue weighted by Gasteiger charge is 2.35. The van der Waals surface area contributed by atoms with Crippen LogP contribution in [0.5, 0.6) is 5.75 Å². The summed E-state index contributed by atoms with van der Waals surface area (Å²) >= 11 is 0.908. The third-order valence-corrected chi connectivity index (χ3v) is 5.17. The van der Waals surface area contributed by atoms with Crippen molar-refractivity contribution in [3.8, 4) is 17.0 Å². The van der Waals surface area contributed by atoms with Crippen LogP contribution in [0.25, 0.3) is 31.7 Å². The summed E-state index contributed by atoms with van der Waals surface area (Å²) in [7, 11) is 0. The Labute approximate surface area is 148 Å². The molecule has 0 aliphatic heterocycles. The van der Waals surface area contributed by atoms with Gasteiger partial charge in [-0.05, 0) is 13.0 Å². The number of pyridine rings is 2. The van der Waals surface area contributed by atoms with Crippen LogP contribution in [-0.2, 0) is 6.18 Å². The van der Waals surface area contributed by atoms with Gasteiger partial charge in [-0.3, -0.25) is 4.79 Å². The van der Waals surface area contributed by atoms with Gasteiger partial charge in [-0.2, -0.15) is 13.2 Å². The van der Waals surface area contributed by atoms with Crippen LogP contribution in [-0.4, -0.2) is 15.1 Å². The van der Waals surface area contributed by atoms with Crippen molar-refractivity contribution < 1.29 is 18.3 Å². The van der Waals surface area contributed by atoms with Crippen molar-refractivity contribution in [3.63, 3.8) is 0 Å². The molecule has 0 saturated carbocycles. The number of thiophene rings is 1. The highest BCUT2D eigenvalue weighted by Crippen LogP contribution is 2.44. The van der Waals surface area contributed by atoms with E-state index in [1.165, 1.54) is 0 Å². The van der Waals surface area contributed by atoms with Gasteiger partial charge in [0.05, 0.1) is 21.5 Å². The van der Waals surface area contributed by atoms with Crippen LogP contribution in [0.15, 0.2) is 41.2 Å². The molecular formula is C18H11F3N2O2S. The van der Waals surface area contributed by atoms with Crippen LogP contribution < -0.4 is 5.56 Å². The molecule has 0 amide bonds. The average molecular weight is 376 g/mol. The number of alkyl halides is 3. The minimum absolute atomic E-state index is 0.0507. The molecule has 8 heteroatoms. The topological polar surface area (TPSA) is 66.0 Å². The number of fused-ring (bicyclic) bond motifs is 3. The molecule has 0 fully saturated rings. The summed E-state index contributed by atoms with van der Waals surface area (Å²) in [5.41, 5.74) is 0.0907. The van der Waals surface area contributed by atoms with Gasteiger partial charge >= 0.3 is 6.18 Å². The van der Waals surface area contributed by atoms with Gasteiger partial charge in [0.2, 0.25) is 0 Å². The van der Waals surface area contributed by atoms with Gasteiger partial charge in [-0.15, -0.1) is 11.3 Å². The summed E-state index contributed by atoms with van der Waals surface area (Å²) in [5, 5.41) is 9.74. The maximum absolute atomic E-state index is 13.7. The van der Waals surface area contributed by atoms with E-state index in [0.29, 0.717) is 5.56 Å². The zero-order valence-electron chi connectivity index (χ0n) is 13.3. The highest BCUT2D eigenvalue weighted by atomic mass is 32.1. The second-order valence-electron chi connectivity index (χ2n) is 5.92. The van der Waals surface area contributed by atoms with Gasteiger partial charge in [-0.1, -0.05) is 29.8 Å². The van der Waals surface area contributed by atoms with Gasteiger partial charge in [0, 0.05) is 17.0 Å². The molecule has 1 aromatic carbocycles. The Morgan fingerprint density at radius 2 is 1.85 bits per heavy atom. The number of hydrogen-bond donors (Lipinski definition) is 2. The molecule has 132 valence electrons. The SMILES string of the molecule is Cc1ccc(-c2cc(C(F)(F)F)c3c(n2)sc2c(O)cc(=O)[nH]c23)cc1. The van der Waals surface area contributed by atoms with E-state index in [0.717, 1.165) is 29.0 Å². The van der Waals surface area contributed by atoms with Crippen molar-refractivity contribution >= 4 is 31.8 Å². The lowest BCUT2D eigenvalue weighted by atomic mass is 10.0. The van der Waals surface area contributed by atoms with Crippen molar-refractivity contribution in [1.29, 1.82) is 0 Å². The molecule has 0 atom stereocenters. The quantitative estimate of drug-likeness (QED) is 0.500. The van der Waals surface area contributed by atoms with E-state index in [2.05, 4.69) is 9.97 Å². The fourth-order valence-electron chi connectivity index (χ4n) is 2.84. The summed E-state index contributed by atoms with van der Waals surface area (Å²) < 4.78 is 41.3. The number of H-pyrrole nitrogens is 1. The number of aromatic amines is 1. The zero-order valence-corrected chi connectivity index (χ0v) is 14.1. The molecule has 0 saturated heterocycles. The van der Waals surface area contributed by atoms with E-state index >= 15 is 0 Å². The lowest BCUT2D eigenvalue weighted by Gasteiger charge is -2.11. The lowest BCUT2D eigenvalue weighted by Crippen LogP contribution is -2.08. The maximum Gasteiger partial charge on any atom is 0.417 e. The van der Waals surface area contributed by atoms with Crippen LogP contribution >= 0.6 is 11.3 Å². The molecule has 4 rings (SSSR count). The molecule has 2 N–H and O–H groups in total. The number of hydrogen-bond acceptors (Lipinski definition) is 4. The van der Waals surface area contributed by atoms with Crippen LogP contribution in [0, 0.1) is 6.92 Å². The van der Waals surface area contributed by atoms with E-state index in [-0.39, 0.29) is 31.9 Å². The minimum Gasteiger partial charge on any atom is -0.506 e. The first-order valence-electron chi connectivity index (χ1n) is 7.58. The number of benzene rings is 1. The third-order valence-electron chi connectivity index (χ3n) is 4.06. The molecule has 0 bridgehead atoms. The van der Waals surface area contributed by atoms with Crippen LogP contribution in [0.1, 0.15) is 11.1 Å². The van der Waals surface area contributed by atoms with Crippen LogP contribution in [0.3, 0.4) is 0 Å². The fraction of sp³-hybridized carbons (Fsp3) is 0.111. The highest BCUT2D eigenvalue weighted by molar-refractivity contribution is 7.25. The van der Waals surface area contributed by atoms with Gasteiger partial charge in [-0.25, -0.2) is 4.98 Å². The van der Waals surface area contributed by atoms with Crippen molar-refractivity contribution in [2.75, 3.05) is 0 Å². The Morgan fingerprint density at radius 3 is 2.50 bits per heavy atom. The second kappa shape index (κ2) is 5.57. The Hall–Kier alpha value is -2.87. The summed E-state index contributed by atoms with van der Waals surface area (Å²) in [6.07, 6.45) is -4.64.